The highest BCUT2D eigenvalue weighted by Gasteiger charge is 2.40. The van der Waals surface area contributed by atoms with Gasteiger partial charge in [-0.15, -0.1) is 0 Å². The van der Waals surface area contributed by atoms with Crippen molar-refractivity contribution in [2.24, 2.45) is 0 Å². The van der Waals surface area contributed by atoms with E-state index in [4.69, 9.17) is 0 Å². The van der Waals surface area contributed by atoms with E-state index in [2.05, 4.69) is 11.1 Å². The Labute approximate surface area is 147 Å². The molecule has 2 aromatic carbocycles. The van der Waals surface area contributed by atoms with Crippen molar-refractivity contribution in [3.63, 3.8) is 0 Å². The van der Waals surface area contributed by atoms with Crippen LogP contribution in [0.1, 0.15) is 0 Å². The van der Waals surface area contributed by atoms with Crippen LogP contribution in [-0.4, -0.2) is 23.6 Å². The predicted octanol–water partition coefficient (Wildman–Crippen LogP) is 3.85. The third-order valence-corrected chi connectivity index (χ3v) is 4.32. The molecule has 0 saturated carbocycles. The topological polar surface area (TPSA) is 60.2 Å². The normalized spacial score (nSPS) is 17.0. The van der Waals surface area contributed by atoms with Crippen molar-refractivity contribution in [2.75, 3.05) is 16.3 Å². The summed E-state index contributed by atoms with van der Waals surface area (Å²) in [6.45, 7) is 0.00144. The van der Waals surface area contributed by atoms with Crippen LogP contribution < -0.4 is 9.80 Å². The molecule has 2 amide bonds. The van der Waals surface area contributed by atoms with Gasteiger partial charge >= 0.3 is 6.03 Å². The first kappa shape index (κ1) is 16.0. The van der Waals surface area contributed by atoms with Crippen molar-refractivity contribution in [3.05, 3.63) is 66.5 Å². The lowest BCUT2D eigenvalue weighted by atomic mass is 10.1. The monoisotopic (exact) mass is 350 g/mol. The first-order chi connectivity index (χ1) is 12.6. The van der Waals surface area contributed by atoms with Crippen LogP contribution in [0.25, 0.3) is 10.8 Å². The highest BCUT2D eigenvalue weighted by Crippen LogP contribution is 2.33. The molecule has 0 aliphatic carbocycles. The van der Waals surface area contributed by atoms with Crippen molar-refractivity contribution < 1.29 is 13.6 Å². The molecule has 0 radical (unpaired) electrons. The molecular weight excluding hydrogens is 338 g/mol. The lowest BCUT2D eigenvalue weighted by molar-refractivity contribution is 0.255. The van der Waals surface area contributed by atoms with E-state index in [0.29, 0.717) is 5.69 Å². The fourth-order valence-corrected chi connectivity index (χ4v) is 3.17. The summed E-state index contributed by atoms with van der Waals surface area (Å²) in [5.74, 6) is -1.57. The number of pyridine rings is 1. The molecular formula is C19H12F2N4O. The lowest BCUT2D eigenvalue weighted by Crippen LogP contribution is -2.34. The molecule has 1 atom stereocenters. The van der Waals surface area contributed by atoms with E-state index >= 15 is 0 Å². The lowest BCUT2D eigenvalue weighted by Gasteiger charge is -2.21. The molecule has 1 aromatic heterocycles. The number of rotatable bonds is 2. The third-order valence-electron chi connectivity index (χ3n) is 4.32. The number of nitriles is 1. The number of carbonyl (C=O) groups excluding carboxylic acids is 1. The Balaban J connectivity index is 1.81. The molecule has 26 heavy (non-hydrogen) atoms. The molecule has 2 heterocycles. The Morgan fingerprint density at radius 1 is 1.12 bits per heavy atom. The van der Waals surface area contributed by atoms with E-state index < -0.39 is 23.7 Å². The van der Waals surface area contributed by atoms with Crippen LogP contribution in [0, 0.1) is 23.0 Å². The number of urea groups is 1. The maximum atomic E-state index is 13.5. The molecule has 7 heteroatoms. The average molecular weight is 350 g/mol. The first-order valence-electron chi connectivity index (χ1n) is 7.87. The molecule has 0 bridgehead atoms. The standard InChI is InChI=1S/C19H12F2N4O/c20-13-5-14(21)7-15(6-13)24-11-16(8-22)25(19(24)26)18-10-23-9-12-3-1-2-4-17(12)18/h1-7,9-10,16H,11H2/t16-/m1/s1. The summed E-state index contributed by atoms with van der Waals surface area (Å²) < 4.78 is 27.1. The molecule has 1 aliphatic heterocycles. The van der Waals surface area contributed by atoms with Gasteiger partial charge in [-0.2, -0.15) is 5.26 Å². The number of carbonyl (C=O) groups is 1. The minimum absolute atomic E-state index is 0.00144. The Morgan fingerprint density at radius 3 is 2.58 bits per heavy atom. The van der Waals surface area contributed by atoms with Gasteiger partial charge < -0.3 is 0 Å². The second kappa shape index (κ2) is 6.08. The molecule has 1 fully saturated rings. The van der Waals surface area contributed by atoms with Gasteiger partial charge in [-0.05, 0) is 12.1 Å². The second-order valence-corrected chi connectivity index (χ2v) is 5.92. The smallest absolute Gasteiger partial charge is 0.291 e. The molecule has 1 saturated heterocycles. The molecule has 1 aliphatic rings. The Morgan fingerprint density at radius 2 is 1.85 bits per heavy atom. The van der Waals surface area contributed by atoms with Crippen molar-refractivity contribution in [2.45, 2.75) is 6.04 Å². The fraction of sp³-hybridized carbons (Fsp3) is 0.105. The van der Waals surface area contributed by atoms with E-state index in [-0.39, 0.29) is 12.2 Å². The minimum Gasteiger partial charge on any atom is -0.291 e. The number of amides is 2. The number of nitrogens with zero attached hydrogens (tertiary/aromatic N) is 4. The highest BCUT2D eigenvalue weighted by molar-refractivity contribution is 6.11. The summed E-state index contributed by atoms with van der Waals surface area (Å²) in [5, 5.41) is 11.1. The van der Waals surface area contributed by atoms with Gasteiger partial charge in [0.1, 0.15) is 17.7 Å². The quantitative estimate of drug-likeness (QED) is 0.705. The van der Waals surface area contributed by atoms with E-state index in [1.165, 1.54) is 16.0 Å². The number of halogens is 2. The summed E-state index contributed by atoms with van der Waals surface area (Å²) in [7, 11) is 0. The minimum atomic E-state index is -0.804. The van der Waals surface area contributed by atoms with E-state index in [1.54, 1.807) is 6.20 Å². The number of hydrogen-bond acceptors (Lipinski definition) is 3. The molecule has 0 unspecified atom stereocenters. The number of anilines is 2. The van der Waals surface area contributed by atoms with Crippen LogP contribution in [0.2, 0.25) is 0 Å². The van der Waals surface area contributed by atoms with Crippen molar-refractivity contribution in [1.82, 2.24) is 4.98 Å². The Kier molecular flexibility index (Phi) is 3.73. The molecule has 4 rings (SSSR count). The molecule has 128 valence electrons. The summed E-state index contributed by atoms with van der Waals surface area (Å²) in [5.41, 5.74) is 0.558. The summed E-state index contributed by atoms with van der Waals surface area (Å²) >= 11 is 0. The number of aromatic nitrogens is 1. The van der Waals surface area contributed by atoms with Crippen LogP contribution in [0.15, 0.2) is 54.9 Å². The van der Waals surface area contributed by atoms with E-state index in [0.717, 1.165) is 29.0 Å². The second-order valence-electron chi connectivity index (χ2n) is 5.92. The van der Waals surface area contributed by atoms with Crippen LogP contribution in [0.4, 0.5) is 25.0 Å². The largest absolute Gasteiger partial charge is 0.330 e. The number of fused-ring (bicyclic) bond motifs is 1. The Bertz CT molecular complexity index is 1040. The Hall–Kier alpha value is -3.53. The SMILES string of the molecule is N#C[C@@H]1CN(c2cc(F)cc(F)c2)C(=O)N1c1cncc2ccccc12. The molecule has 0 spiro atoms. The summed E-state index contributed by atoms with van der Waals surface area (Å²) in [4.78, 5) is 19.6. The van der Waals surface area contributed by atoms with Crippen molar-refractivity contribution in [3.8, 4) is 6.07 Å². The summed E-state index contributed by atoms with van der Waals surface area (Å²) in [6.07, 6.45) is 3.18. The van der Waals surface area contributed by atoms with Crippen molar-refractivity contribution >= 4 is 28.2 Å². The van der Waals surface area contributed by atoms with Crippen LogP contribution >= 0.6 is 0 Å². The van der Waals surface area contributed by atoms with Gasteiger partial charge in [0.2, 0.25) is 0 Å². The van der Waals surface area contributed by atoms with Gasteiger partial charge in [-0.3, -0.25) is 14.8 Å². The zero-order valence-corrected chi connectivity index (χ0v) is 13.4. The van der Waals surface area contributed by atoms with Gasteiger partial charge in [0.15, 0.2) is 0 Å². The molecule has 3 aromatic rings. The third kappa shape index (κ3) is 2.52. The zero-order valence-electron chi connectivity index (χ0n) is 13.4. The van der Waals surface area contributed by atoms with Crippen LogP contribution in [0.5, 0.6) is 0 Å². The van der Waals surface area contributed by atoms with E-state index in [9.17, 15) is 18.8 Å². The van der Waals surface area contributed by atoms with Crippen LogP contribution in [0.3, 0.4) is 0 Å². The van der Waals surface area contributed by atoms with Gasteiger partial charge in [-0.1, -0.05) is 24.3 Å². The van der Waals surface area contributed by atoms with E-state index in [1.807, 2.05) is 24.3 Å². The van der Waals surface area contributed by atoms with Crippen LogP contribution in [-0.2, 0) is 0 Å². The van der Waals surface area contributed by atoms with Gasteiger partial charge in [0.25, 0.3) is 0 Å². The zero-order chi connectivity index (χ0) is 18.3. The maximum Gasteiger partial charge on any atom is 0.330 e. The van der Waals surface area contributed by atoms with Gasteiger partial charge in [-0.25, -0.2) is 13.6 Å². The average Bonchev–Trinajstić information content (AvgIpc) is 2.97. The van der Waals surface area contributed by atoms with Crippen molar-refractivity contribution in [1.29, 1.82) is 5.26 Å². The highest BCUT2D eigenvalue weighted by atomic mass is 19.1. The predicted molar refractivity (Wildman–Crippen MR) is 92.7 cm³/mol. The molecule has 5 nitrogen and oxygen atoms in total. The van der Waals surface area contributed by atoms with Gasteiger partial charge in [0.05, 0.1) is 30.2 Å². The fourth-order valence-electron chi connectivity index (χ4n) is 3.17. The maximum absolute atomic E-state index is 13.5. The first-order valence-corrected chi connectivity index (χ1v) is 7.87. The number of hydrogen-bond donors (Lipinski definition) is 0. The number of benzene rings is 2. The summed E-state index contributed by atoms with van der Waals surface area (Å²) in [6, 6.07) is 11.0. The van der Waals surface area contributed by atoms with Gasteiger partial charge in [0, 0.05) is 23.0 Å². The molecule has 0 N–H and O–H groups in total.